The fraction of sp³-hybridized carbons (Fsp3) is 0.250. The topological polar surface area (TPSA) is 90.3 Å². The summed E-state index contributed by atoms with van der Waals surface area (Å²) >= 11 is 0. The summed E-state index contributed by atoms with van der Waals surface area (Å²) in [6, 6.07) is 6.59. The van der Waals surface area contributed by atoms with Crippen LogP contribution in [0.25, 0.3) is 11.0 Å². The minimum absolute atomic E-state index is 0.296. The predicted molar refractivity (Wildman–Crippen MR) is 84.5 cm³/mol. The van der Waals surface area contributed by atoms with Crippen molar-refractivity contribution in [1.29, 1.82) is 5.26 Å². The van der Waals surface area contributed by atoms with Crippen LogP contribution in [0.3, 0.4) is 0 Å². The number of aromatic nitrogens is 4. The molecule has 0 saturated carbocycles. The molecule has 3 aromatic rings. The quantitative estimate of drug-likeness (QED) is 0.773. The standard InChI is InChI=1S/C16H15FN6/c1-9-10(2)22-23-16(12(9)8-18)19-6-5-15-20-13-4-3-11(17)7-14(13)21-15/h3-4,7H,5-6H2,1-2H3,(H,19,23)(H,20,21). The number of halogens is 1. The lowest BCUT2D eigenvalue weighted by atomic mass is 10.1. The van der Waals surface area contributed by atoms with Crippen LogP contribution in [-0.4, -0.2) is 26.7 Å². The number of hydrogen-bond donors (Lipinski definition) is 2. The summed E-state index contributed by atoms with van der Waals surface area (Å²) in [6.07, 6.45) is 0.593. The van der Waals surface area contributed by atoms with Gasteiger partial charge in [0.2, 0.25) is 0 Å². The highest BCUT2D eigenvalue weighted by Gasteiger charge is 2.10. The average molecular weight is 310 g/mol. The third-order valence-corrected chi connectivity index (χ3v) is 3.71. The van der Waals surface area contributed by atoms with E-state index in [0.29, 0.717) is 29.9 Å². The number of benzene rings is 1. The molecule has 0 aliphatic carbocycles. The van der Waals surface area contributed by atoms with E-state index in [2.05, 4.69) is 31.6 Å². The van der Waals surface area contributed by atoms with Crippen LogP contribution in [0.5, 0.6) is 0 Å². The second kappa shape index (κ2) is 6.01. The van der Waals surface area contributed by atoms with E-state index < -0.39 is 0 Å². The van der Waals surface area contributed by atoms with Gasteiger partial charge in [-0.15, -0.1) is 5.10 Å². The Balaban J connectivity index is 1.72. The molecular formula is C16H15FN6. The zero-order valence-electron chi connectivity index (χ0n) is 12.8. The van der Waals surface area contributed by atoms with Crippen LogP contribution < -0.4 is 5.32 Å². The largest absolute Gasteiger partial charge is 0.367 e. The molecule has 7 heteroatoms. The maximum absolute atomic E-state index is 13.2. The number of hydrogen-bond acceptors (Lipinski definition) is 5. The molecule has 2 N–H and O–H groups in total. The Hall–Kier alpha value is -3.01. The molecule has 0 amide bonds. The smallest absolute Gasteiger partial charge is 0.166 e. The number of aryl methyl sites for hydroxylation is 1. The van der Waals surface area contributed by atoms with Gasteiger partial charge in [0.05, 0.1) is 16.7 Å². The molecular weight excluding hydrogens is 295 g/mol. The molecule has 0 radical (unpaired) electrons. The monoisotopic (exact) mass is 310 g/mol. The third kappa shape index (κ3) is 2.97. The molecule has 0 unspecified atom stereocenters. The van der Waals surface area contributed by atoms with Gasteiger partial charge >= 0.3 is 0 Å². The normalized spacial score (nSPS) is 10.7. The van der Waals surface area contributed by atoms with Crippen molar-refractivity contribution in [3.05, 3.63) is 46.7 Å². The molecule has 1 aromatic carbocycles. The van der Waals surface area contributed by atoms with Gasteiger partial charge in [0.1, 0.15) is 23.3 Å². The molecule has 2 heterocycles. The fourth-order valence-corrected chi connectivity index (χ4v) is 2.32. The van der Waals surface area contributed by atoms with Gasteiger partial charge in [-0.1, -0.05) is 0 Å². The zero-order chi connectivity index (χ0) is 16.4. The number of nitrogens with one attached hydrogen (secondary N) is 2. The molecule has 6 nitrogen and oxygen atoms in total. The van der Waals surface area contributed by atoms with Gasteiger partial charge in [-0.3, -0.25) is 0 Å². The van der Waals surface area contributed by atoms with Gasteiger partial charge in [0, 0.05) is 13.0 Å². The van der Waals surface area contributed by atoms with Gasteiger partial charge in [-0.25, -0.2) is 9.37 Å². The summed E-state index contributed by atoms with van der Waals surface area (Å²) in [5.74, 6) is 0.918. The van der Waals surface area contributed by atoms with Crippen LogP contribution >= 0.6 is 0 Å². The van der Waals surface area contributed by atoms with Crippen molar-refractivity contribution in [3.8, 4) is 6.07 Å². The Morgan fingerprint density at radius 2 is 2.13 bits per heavy atom. The maximum Gasteiger partial charge on any atom is 0.166 e. The van der Waals surface area contributed by atoms with Crippen molar-refractivity contribution in [2.24, 2.45) is 0 Å². The minimum atomic E-state index is -0.296. The van der Waals surface area contributed by atoms with Crippen LogP contribution in [0.1, 0.15) is 22.6 Å². The SMILES string of the molecule is Cc1nnc(NCCc2nc3ccc(F)cc3[nH]2)c(C#N)c1C. The molecule has 0 aliphatic heterocycles. The van der Waals surface area contributed by atoms with Crippen molar-refractivity contribution < 1.29 is 4.39 Å². The first kappa shape index (κ1) is 14.9. The summed E-state index contributed by atoms with van der Waals surface area (Å²) in [7, 11) is 0. The van der Waals surface area contributed by atoms with E-state index in [1.165, 1.54) is 12.1 Å². The van der Waals surface area contributed by atoms with Gasteiger partial charge in [0.25, 0.3) is 0 Å². The van der Waals surface area contributed by atoms with Crippen molar-refractivity contribution in [1.82, 2.24) is 20.2 Å². The lowest BCUT2D eigenvalue weighted by Gasteiger charge is -2.08. The van der Waals surface area contributed by atoms with Crippen molar-refractivity contribution in [2.75, 3.05) is 11.9 Å². The number of nitriles is 1. The summed E-state index contributed by atoms with van der Waals surface area (Å²) in [5.41, 5.74) is 3.47. The predicted octanol–water partition coefficient (Wildman–Crippen LogP) is 2.64. The number of imidazole rings is 1. The molecule has 116 valence electrons. The molecule has 0 bridgehead atoms. The van der Waals surface area contributed by atoms with Crippen molar-refractivity contribution in [3.63, 3.8) is 0 Å². The van der Waals surface area contributed by atoms with Crippen LogP contribution in [0.2, 0.25) is 0 Å². The first-order valence-corrected chi connectivity index (χ1v) is 7.20. The Labute approximate surface area is 132 Å². The van der Waals surface area contributed by atoms with E-state index >= 15 is 0 Å². The molecule has 0 saturated heterocycles. The molecule has 23 heavy (non-hydrogen) atoms. The molecule has 0 aliphatic rings. The van der Waals surface area contributed by atoms with E-state index in [0.717, 1.165) is 22.6 Å². The molecule has 3 rings (SSSR count). The number of aromatic amines is 1. The number of rotatable bonds is 4. The molecule has 0 fully saturated rings. The van der Waals surface area contributed by atoms with Crippen molar-refractivity contribution >= 4 is 16.9 Å². The van der Waals surface area contributed by atoms with Gasteiger partial charge in [0.15, 0.2) is 5.82 Å². The Bertz CT molecular complexity index is 909. The molecule has 0 atom stereocenters. The fourth-order valence-electron chi connectivity index (χ4n) is 2.32. The van der Waals surface area contributed by atoms with E-state index in [1.54, 1.807) is 6.07 Å². The Kier molecular flexibility index (Phi) is 3.89. The lowest BCUT2D eigenvalue weighted by molar-refractivity contribution is 0.629. The first-order chi connectivity index (χ1) is 11.1. The van der Waals surface area contributed by atoms with E-state index in [4.69, 9.17) is 0 Å². The van der Waals surface area contributed by atoms with Crippen LogP contribution in [0.4, 0.5) is 10.2 Å². The van der Waals surface area contributed by atoms with E-state index in [1.807, 2.05) is 13.8 Å². The highest BCUT2D eigenvalue weighted by molar-refractivity contribution is 5.74. The third-order valence-electron chi connectivity index (χ3n) is 3.71. The number of H-pyrrole nitrogens is 1. The number of nitrogens with zero attached hydrogens (tertiary/aromatic N) is 4. The molecule has 2 aromatic heterocycles. The summed E-state index contributed by atoms with van der Waals surface area (Å²) < 4.78 is 13.2. The lowest BCUT2D eigenvalue weighted by Crippen LogP contribution is -2.11. The Morgan fingerprint density at radius 1 is 1.30 bits per heavy atom. The van der Waals surface area contributed by atoms with Crippen molar-refractivity contribution in [2.45, 2.75) is 20.3 Å². The second-order valence-electron chi connectivity index (χ2n) is 5.27. The highest BCUT2D eigenvalue weighted by atomic mass is 19.1. The summed E-state index contributed by atoms with van der Waals surface area (Å²) in [6.45, 7) is 4.20. The van der Waals surface area contributed by atoms with Gasteiger partial charge < -0.3 is 10.3 Å². The summed E-state index contributed by atoms with van der Waals surface area (Å²) in [5, 5.41) is 20.4. The maximum atomic E-state index is 13.2. The number of anilines is 1. The number of fused-ring (bicyclic) bond motifs is 1. The Morgan fingerprint density at radius 3 is 2.91 bits per heavy atom. The van der Waals surface area contributed by atoms with Crippen LogP contribution in [-0.2, 0) is 6.42 Å². The van der Waals surface area contributed by atoms with Crippen LogP contribution in [0, 0.1) is 31.0 Å². The second-order valence-corrected chi connectivity index (χ2v) is 5.27. The molecule has 0 spiro atoms. The minimum Gasteiger partial charge on any atom is -0.367 e. The van der Waals surface area contributed by atoms with E-state index in [9.17, 15) is 9.65 Å². The zero-order valence-corrected chi connectivity index (χ0v) is 12.8. The van der Waals surface area contributed by atoms with Crippen LogP contribution in [0.15, 0.2) is 18.2 Å². The van der Waals surface area contributed by atoms with Gasteiger partial charge in [-0.2, -0.15) is 10.4 Å². The summed E-state index contributed by atoms with van der Waals surface area (Å²) in [4.78, 5) is 7.48. The van der Waals surface area contributed by atoms with E-state index in [-0.39, 0.29) is 5.82 Å². The first-order valence-electron chi connectivity index (χ1n) is 7.20. The highest BCUT2D eigenvalue weighted by Crippen LogP contribution is 2.17. The average Bonchev–Trinajstić information content (AvgIpc) is 2.93. The van der Waals surface area contributed by atoms with Gasteiger partial charge in [-0.05, 0) is 37.6 Å².